The molecular weight excluding hydrogens is 464 g/mol. The van der Waals surface area contributed by atoms with Crippen molar-refractivity contribution in [1.82, 2.24) is 24.8 Å². The van der Waals surface area contributed by atoms with Crippen molar-refractivity contribution in [3.05, 3.63) is 78.2 Å². The van der Waals surface area contributed by atoms with E-state index in [1.165, 1.54) is 11.8 Å². The normalized spacial score (nSPS) is 14.1. The zero-order valence-corrected chi connectivity index (χ0v) is 20.8. The van der Waals surface area contributed by atoms with E-state index in [1.54, 1.807) is 19.5 Å². The second-order valence-electron chi connectivity index (χ2n) is 8.97. The lowest BCUT2D eigenvalue weighted by Crippen LogP contribution is -2.29. The first-order chi connectivity index (χ1) is 18.1. The number of methoxy groups -OCH3 is 1. The van der Waals surface area contributed by atoms with Crippen LogP contribution in [0.2, 0.25) is 0 Å². The van der Waals surface area contributed by atoms with Crippen molar-refractivity contribution in [2.75, 3.05) is 37.9 Å². The summed E-state index contributed by atoms with van der Waals surface area (Å²) >= 11 is 0. The van der Waals surface area contributed by atoms with Crippen LogP contribution in [-0.4, -0.2) is 52.1 Å². The number of anilines is 4. The number of nitrogens with one attached hydrogen (secondary N) is 2. The smallest absolute Gasteiger partial charge is 0.229 e. The van der Waals surface area contributed by atoms with E-state index in [2.05, 4.69) is 54.7 Å². The average molecular weight is 493 g/mol. The van der Waals surface area contributed by atoms with Gasteiger partial charge in [0.05, 0.1) is 24.7 Å². The van der Waals surface area contributed by atoms with Gasteiger partial charge < -0.3 is 20.3 Å². The number of pyridine rings is 2. The van der Waals surface area contributed by atoms with Crippen LogP contribution in [0.1, 0.15) is 29.9 Å². The summed E-state index contributed by atoms with van der Waals surface area (Å²) in [5.74, 6) is 2.07. The molecule has 1 fully saturated rings. The fourth-order valence-corrected chi connectivity index (χ4v) is 4.53. The first-order valence-electron chi connectivity index (χ1n) is 12.2. The molecule has 4 heterocycles. The molecule has 0 unspecified atom stereocenters. The second kappa shape index (κ2) is 11.0. The average Bonchev–Trinajstić information content (AvgIpc) is 2.94. The van der Waals surface area contributed by atoms with Crippen LogP contribution in [0.3, 0.4) is 0 Å². The van der Waals surface area contributed by atoms with E-state index in [1.807, 2.05) is 42.5 Å². The minimum absolute atomic E-state index is 0.316. The van der Waals surface area contributed by atoms with Crippen molar-refractivity contribution >= 4 is 23.1 Å². The molecule has 1 aromatic carbocycles. The highest BCUT2D eigenvalue weighted by Gasteiger charge is 2.22. The van der Waals surface area contributed by atoms with Crippen molar-refractivity contribution in [3.8, 4) is 23.2 Å². The van der Waals surface area contributed by atoms with Gasteiger partial charge in [-0.05, 0) is 74.8 Å². The maximum Gasteiger partial charge on any atom is 0.229 e. The standard InChI is InChI=1S/C28H28N8O/c1-36-14-10-19(11-15-36)22-9-8-21(16-25(22)37-2)33-28-32-18-20(17-29)27(35-28)34-24-7-5-13-31-26(24)23-6-3-4-12-30-23/h3-9,12-13,16,18-19H,10-11,14-15H2,1-2H3,(H2,32,33,34,35). The SMILES string of the molecule is COc1cc(Nc2ncc(C#N)c(Nc3cccnc3-c3ccccn3)n2)ccc1C1CCN(C)CC1. The van der Waals surface area contributed by atoms with Gasteiger partial charge in [0.25, 0.3) is 0 Å². The molecule has 186 valence electrons. The summed E-state index contributed by atoms with van der Waals surface area (Å²) in [6.07, 6.45) is 7.15. The molecule has 0 amide bonds. The van der Waals surface area contributed by atoms with Crippen LogP contribution in [0.15, 0.2) is 67.1 Å². The van der Waals surface area contributed by atoms with Gasteiger partial charge >= 0.3 is 0 Å². The summed E-state index contributed by atoms with van der Waals surface area (Å²) < 4.78 is 5.74. The fourth-order valence-electron chi connectivity index (χ4n) is 4.53. The first-order valence-corrected chi connectivity index (χ1v) is 12.2. The lowest BCUT2D eigenvalue weighted by molar-refractivity contribution is 0.252. The monoisotopic (exact) mass is 492 g/mol. The summed E-state index contributed by atoms with van der Waals surface area (Å²) in [4.78, 5) is 20.2. The summed E-state index contributed by atoms with van der Waals surface area (Å²) in [5, 5.41) is 16.2. The van der Waals surface area contributed by atoms with Crippen molar-refractivity contribution in [3.63, 3.8) is 0 Å². The predicted octanol–water partition coefficient (Wildman–Crippen LogP) is 5.11. The molecule has 0 atom stereocenters. The molecule has 1 aliphatic heterocycles. The van der Waals surface area contributed by atoms with Crippen LogP contribution in [0.5, 0.6) is 5.75 Å². The van der Waals surface area contributed by atoms with Crippen LogP contribution in [0.4, 0.5) is 23.1 Å². The third kappa shape index (κ3) is 5.50. The molecule has 37 heavy (non-hydrogen) atoms. The molecule has 0 saturated carbocycles. The number of benzene rings is 1. The molecule has 0 radical (unpaired) electrons. The minimum atomic E-state index is 0.316. The molecule has 5 rings (SSSR count). The maximum atomic E-state index is 9.66. The predicted molar refractivity (Wildman–Crippen MR) is 143 cm³/mol. The van der Waals surface area contributed by atoms with Crippen molar-refractivity contribution in [2.45, 2.75) is 18.8 Å². The van der Waals surface area contributed by atoms with Gasteiger partial charge in [-0.25, -0.2) is 4.98 Å². The van der Waals surface area contributed by atoms with Gasteiger partial charge in [-0.2, -0.15) is 10.2 Å². The number of aromatic nitrogens is 4. The minimum Gasteiger partial charge on any atom is -0.496 e. The van der Waals surface area contributed by atoms with E-state index in [0.717, 1.165) is 37.4 Å². The second-order valence-corrected chi connectivity index (χ2v) is 8.97. The Bertz CT molecular complexity index is 1410. The first kappa shape index (κ1) is 24.2. The van der Waals surface area contributed by atoms with Crippen LogP contribution in [0, 0.1) is 11.3 Å². The molecule has 9 heteroatoms. The molecule has 3 aromatic heterocycles. The quantitative estimate of drug-likeness (QED) is 0.363. The third-order valence-electron chi connectivity index (χ3n) is 6.53. The van der Waals surface area contributed by atoms with Crippen LogP contribution in [-0.2, 0) is 0 Å². The number of piperidine rings is 1. The Labute approximate surface area is 216 Å². The Morgan fingerprint density at radius 2 is 1.84 bits per heavy atom. The van der Waals surface area contributed by atoms with Gasteiger partial charge in [-0.15, -0.1) is 0 Å². The number of hydrogen-bond donors (Lipinski definition) is 2. The van der Waals surface area contributed by atoms with Crippen LogP contribution >= 0.6 is 0 Å². The number of likely N-dealkylation sites (tertiary alicyclic amines) is 1. The van der Waals surface area contributed by atoms with E-state index >= 15 is 0 Å². The molecule has 0 bridgehead atoms. The third-order valence-corrected chi connectivity index (χ3v) is 6.53. The highest BCUT2D eigenvalue weighted by molar-refractivity contribution is 5.76. The Hall–Kier alpha value is -4.55. The molecule has 0 spiro atoms. The van der Waals surface area contributed by atoms with Gasteiger partial charge in [0.2, 0.25) is 5.95 Å². The number of nitriles is 1. The summed E-state index contributed by atoms with van der Waals surface area (Å²) in [5.41, 5.74) is 4.41. The van der Waals surface area contributed by atoms with E-state index in [9.17, 15) is 5.26 Å². The van der Waals surface area contributed by atoms with E-state index < -0.39 is 0 Å². The zero-order valence-electron chi connectivity index (χ0n) is 20.8. The number of nitrogens with zero attached hydrogens (tertiary/aromatic N) is 6. The van der Waals surface area contributed by atoms with E-state index in [0.29, 0.717) is 40.3 Å². The van der Waals surface area contributed by atoms with Gasteiger partial charge in [0.1, 0.15) is 23.1 Å². The largest absolute Gasteiger partial charge is 0.496 e. The van der Waals surface area contributed by atoms with Crippen molar-refractivity contribution in [2.24, 2.45) is 0 Å². The number of ether oxygens (including phenoxy) is 1. The summed E-state index contributed by atoms with van der Waals surface area (Å²) in [6.45, 7) is 2.17. The molecule has 2 N–H and O–H groups in total. The summed E-state index contributed by atoms with van der Waals surface area (Å²) in [7, 11) is 3.86. The molecule has 4 aromatic rings. The zero-order chi connectivity index (χ0) is 25.6. The highest BCUT2D eigenvalue weighted by atomic mass is 16.5. The van der Waals surface area contributed by atoms with Gasteiger partial charge in [0, 0.05) is 24.1 Å². The number of rotatable bonds is 7. The fraction of sp³-hybridized carbons (Fsp3) is 0.250. The molecular formula is C28H28N8O. The number of hydrogen-bond acceptors (Lipinski definition) is 9. The Kier molecular flexibility index (Phi) is 7.19. The Morgan fingerprint density at radius 3 is 2.59 bits per heavy atom. The van der Waals surface area contributed by atoms with E-state index in [-0.39, 0.29) is 0 Å². The van der Waals surface area contributed by atoms with Gasteiger partial charge in [0.15, 0.2) is 5.82 Å². The summed E-state index contributed by atoms with van der Waals surface area (Å²) in [6, 6.07) is 17.6. The van der Waals surface area contributed by atoms with Crippen LogP contribution < -0.4 is 15.4 Å². The maximum absolute atomic E-state index is 9.66. The Morgan fingerprint density at radius 1 is 1.00 bits per heavy atom. The topological polar surface area (TPSA) is 112 Å². The van der Waals surface area contributed by atoms with Gasteiger partial charge in [-0.1, -0.05) is 12.1 Å². The molecule has 0 aliphatic carbocycles. The molecule has 1 aliphatic rings. The van der Waals surface area contributed by atoms with Gasteiger partial charge in [-0.3, -0.25) is 9.97 Å². The van der Waals surface area contributed by atoms with Crippen molar-refractivity contribution in [1.29, 1.82) is 5.26 Å². The van der Waals surface area contributed by atoms with E-state index in [4.69, 9.17) is 4.74 Å². The molecule has 9 nitrogen and oxygen atoms in total. The molecule has 1 saturated heterocycles. The van der Waals surface area contributed by atoms with Crippen LogP contribution in [0.25, 0.3) is 11.4 Å². The lowest BCUT2D eigenvalue weighted by Gasteiger charge is -2.30. The highest BCUT2D eigenvalue weighted by Crippen LogP contribution is 2.36. The lowest BCUT2D eigenvalue weighted by atomic mass is 9.89. The van der Waals surface area contributed by atoms with Crippen molar-refractivity contribution < 1.29 is 4.74 Å². The Balaban J connectivity index is 1.40.